The number of benzene rings is 2. The Labute approximate surface area is 366 Å². The quantitative estimate of drug-likeness (QED) is 0.249. The molecule has 2 aromatic carbocycles. The Bertz CT molecular complexity index is 2210. The van der Waals surface area contributed by atoms with Gasteiger partial charge in [0, 0.05) is 93.6 Å². The van der Waals surface area contributed by atoms with E-state index in [4.69, 9.17) is 4.74 Å². The number of methoxy groups -OCH3 is 1. The molecule has 0 unspecified atom stereocenters. The Morgan fingerprint density at radius 2 is 1.68 bits per heavy atom. The maximum absolute atomic E-state index is 15.1. The summed E-state index contributed by atoms with van der Waals surface area (Å²) in [6.07, 6.45) is 9.14. The van der Waals surface area contributed by atoms with E-state index in [9.17, 15) is 26.4 Å². The van der Waals surface area contributed by atoms with Crippen molar-refractivity contribution in [3.8, 4) is 0 Å². The smallest absolute Gasteiger partial charge is 0.407 e. The number of anilines is 1. The second-order valence-electron chi connectivity index (χ2n) is 18.6. The molecule has 4 saturated heterocycles. The highest BCUT2D eigenvalue weighted by atomic mass is 32.2. The average molecular weight is 898 g/mol. The van der Waals surface area contributed by atoms with Crippen molar-refractivity contribution >= 4 is 37.5 Å². The maximum atomic E-state index is 15.1. The molecule has 0 bridgehead atoms. The van der Waals surface area contributed by atoms with Gasteiger partial charge in [0.2, 0.25) is 0 Å². The van der Waals surface area contributed by atoms with E-state index < -0.39 is 37.0 Å². The molecular weight excluding hydrogens is 834 g/mol. The number of rotatable bonds is 14. The molecule has 0 aromatic heterocycles. The molecule has 6 aliphatic rings. The monoisotopic (exact) mass is 897 g/mol. The summed E-state index contributed by atoms with van der Waals surface area (Å²) in [6, 6.07) is 10.6. The van der Waals surface area contributed by atoms with Crippen LogP contribution in [-0.4, -0.2) is 140 Å². The molecule has 14 nitrogen and oxygen atoms in total. The van der Waals surface area contributed by atoms with Gasteiger partial charge in [-0.1, -0.05) is 24.6 Å². The van der Waals surface area contributed by atoms with Gasteiger partial charge < -0.3 is 40.3 Å². The summed E-state index contributed by atoms with van der Waals surface area (Å²) in [5.41, 5.74) is 3.71. The first-order valence-corrected chi connectivity index (χ1v) is 26.0. The predicted molar refractivity (Wildman–Crippen MR) is 237 cm³/mol. The van der Waals surface area contributed by atoms with Gasteiger partial charge in [0.05, 0.1) is 17.3 Å². The number of hydrogen-bond acceptors (Lipinski definition) is 11. The number of carbonyl (C=O) groups is 2. The van der Waals surface area contributed by atoms with Crippen LogP contribution in [0.25, 0.3) is 0 Å². The zero-order valence-corrected chi connectivity index (χ0v) is 37.8. The van der Waals surface area contributed by atoms with E-state index >= 15 is 4.39 Å². The van der Waals surface area contributed by atoms with Gasteiger partial charge in [-0.3, -0.25) is 0 Å². The maximum Gasteiger partial charge on any atom is 0.407 e. The molecule has 2 aromatic rings. The third-order valence-corrected chi connectivity index (χ3v) is 17.6. The van der Waals surface area contributed by atoms with E-state index in [1.54, 1.807) is 12.1 Å². The van der Waals surface area contributed by atoms with Gasteiger partial charge >= 0.3 is 12.1 Å². The molecule has 0 radical (unpaired) electrons. The van der Waals surface area contributed by atoms with Crippen LogP contribution in [-0.2, 0) is 42.9 Å². The van der Waals surface area contributed by atoms with Crippen LogP contribution in [0.4, 0.5) is 19.7 Å². The van der Waals surface area contributed by atoms with Crippen LogP contribution in [0.5, 0.6) is 0 Å². The van der Waals surface area contributed by atoms with Gasteiger partial charge in [0.1, 0.15) is 5.82 Å². The number of likely N-dealkylation sites (tertiary alicyclic amines) is 3. The molecule has 1 aliphatic carbocycles. The number of nitrogens with zero attached hydrogens (tertiary/aromatic N) is 4. The van der Waals surface area contributed by atoms with Crippen LogP contribution in [0.15, 0.2) is 52.8 Å². The van der Waals surface area contributed by atoms with Gasteiger partial charge in [0.15, 0.2) is 19.7 Å². The third kappa shape index (κ3) is 9.52. The summed E-state index contributed by atoms with van der Waals surface area (Å²) in [5.74, 6) is 0.776. The fraction of sp³-hybridized carbons (Fsp3) is 0.644. The third-order valence-electron chi connectivity index (χ3n) is 14.7. The van der Waals surface area contributed by atoms with Crippen molar-refractivity contribution in [2.24, 2.45) is 17.8 Å². The molecule has 5 aliphatic heterocycles. The first kappa shape index (κ1) is 44.8. The minimum atomic E-state index is -3.74. The van der Waals surface area contributed by atoms with Gasteiger partial charge in [-0.05, 0) is 124 Å². The van der Waals surface area contributed by atoms with Crippen LogP contribution in [0.3, 0.4) is 0 Å². The number of sulfone groups is 2. The van der Waals surface area contributed by atoms with Gasteiger partial charge in [0.25, 0.3) is 0 Å². The van der Waals surface area contributed by atoms with E-state index in [2.05, 4.69) is 36.7 Å². The topological polar surface area (TPSA) is 161 Å². The number of nitrogens with one attached hydrogen (secondary N) is 3. The van der Waals surface area contributed by atoms with Crippen molar-refractivity contribution < 1.29 is 35.6 Å². The lowest BCUT2D eigenvalue weighted by Crippen LogP contribution is -2.60. The zero-order valence-electron chi connectivity index (χ0n) is 36.2. The average Bonchev–Trinajstić information content (AvgIpc) is 3.91. The first-order valence-electron chi connectivity index (χ1n) is 22.5. The molecule has 62 heavy (non-hydrogen) atoms. The van der Waals surface area contributed by atoms with E-state index in [-0.39, 0.29) is 36.3 Å². The molecule has 3 amide bonds. The highest BCUT2D eigenvalue weighted by Gasteiger charge is 2.53. The minimum absolute atomic E-state index is 0.0292. The number of amides is 3. The van der Waals surface area contributed by atoms with Crippen molar-refractivity contribution in [3.05, 3.63) is 70.4 Å². The van der Waals surface area contributed by atoms with Crippen LogP contribution >= 0.6 is 0 Å². The standard InChI is InChI=1S/C45H64FN7O7S2/c1-60-44(55)49-40-12-4-11-39(40)45(31-51-18-7-19-51,34-8-3-9-35(46)24-34)33-15-21-50(22-16-33)27-32-28-53(29-32)41-13-14-42(38-26-47-25-37(38)41)62(58,59)36-10-5-20-52(30-36)43(54)48-17-6-23-61(2,56)57/h3,6,8-9,13-14,23-24,32-33,36,39-40,47H,4-5,7,10-12,15-22,25-31H2,1-2H3,(H,48,54)(H,49,55)/b23-6+/t36-,39+,40+,45+/m1/s1. The normalized spacial score (nSPS) is 25.2. The summed E-state index contributed by atoms with van der Waals surface area (Å²) in [7, 11) is -5.63. The summed E-state index contributed by atoms with van der Waals surface area (Å²) >= 11 is 0. The molecule has 17 heteroatoms. The van der Waals surface area contributed by atoms with Crippen LogP contribution < -0.4 is 20.9 Å². The largest absolute Gasteiger partial charge is 0.453 e. The van der Waals surface area contributed by atoms with E-state index in [0.717, 1.165) is 119 Å². The summed E-state index contributed by atoms with van der Waals surface area (Å²) in [6.45, 7) is 9.31. The lowest BCUT2D eigenvalue weighted by Gasteiger charge is -2.54. The van der Waals surface area contributed by atoms with Crippen molar-refractivity contribution in [1.82, 2.24) is 30.7 Å². The minimum Gasteiger partial charge on any atom is -0.453 e. The van der Waals surface area contributed by atoms with Crippen molar-refractivity contribution in [3.63, 3.8) is 0 Å². The van der Waals surface area contributed by atoms with Gasteiger partial charge in [-0.15, -0.1) is 0 Å². The zero-order chi connectivity index (χ0) is 43.6. The number of ether oxygens (including phenoxy) is 1. The van der Waals surface area contributed by atoms with E-state index in [1.165, 1.54) is 30.6 Å². The van der Waals surface area contributed by atoms with E-state index in [0.29, 0.717) is 49.2 Å². The van der Waals surface area contributed by atoms with Crippen molar-refractivity contribution in [2.75, 3.05) is 90.3 Å². The second-order valence-corrected chi connectivity index (χ2v) is 22.7. The SMILES string of the molecule is COC(=O)N[C@H]1CCC[C@@H]1[C@](CN1CCC1)(c1cccc(F)c1)C1CCN(CC2CN(c3ccc(S(=O)(=O)[C@@H]4CCCN(C(=O)NC/C=C/S(C)(=O)=O)C4)c4c3CNC4)C2)CC1. The molecule has 5 fully saturated rings. The number of carbonyl (C=O) groups excluding carboxylic acids is 2. The number of urea groups is 1. The Hall–Kier alpha value is -3.77. The van der Waals surface area contributed by atoms with Crippen molar-refractivity contribution in [2.45, 2.75) is 86.1 Å². The summed E-state index contributed by atoms with van der Waals surface area (Å²) in [4.78, 5) is 34.8. The fourth-order valence-electron chi connectivity index (χ4n) is 11.6. The Balaban J connectivity index is 0.905. The van der Waals surface area contributed by atoms with Crippen LogP contribution in [0, 0.1) is 23.6 Å². The Kier molecular flexibility index (Phi) is 13.6. The molecule has 8 rings (SSSR count). The molecule has 0 spiro atoms. The number of hydrogen-bond donors (Lipinski definition) is 3. The highest BCUT2D eigenvalue weighted by Crippen LogP contribution is 2.52. The summed E-state index contributed by atoms with van der Waals surface area (Å²) in [5, 5.41) is 9.58. The molecule has 3 N–H and O–H groups in total. The number of piperidine rings is 2. The van der Waals surface area contributed by atoms with Gasteiger partial charge in [-0.25, -0.2) is 30.8 Å². The predicted octanol–water partition coefficient (Wildman–Crippen LogP) is 4.25. The van der Waals surface area contributed by atoms with Crippen molar-refractivity contribution in [1.29, 1.82) is 0 Å². The first-order chi connectivity index (χ1) is 29.7. The van der Waals surface area contributed by atoms with Gasteiger partial charge in [-0.2, -0.15) is 0 Å². The number of halogens is 1. The lowest BCUT2D eigenvalue weighted by atomic mass is 9.57. The highest BCUT2D eigenvalue weighted by molar-refractivity contribution is 7.93. The molecule has 5 heterocycles. The molecule has 4 atom stereocenters. The molecule has 340 valence electrons. The Morgan fingerprint density at radius 1 is 0.903 bits per heavy atom. The molecule has 1 saturated carbocycles. The fourth-order valence-corrected chi connectivity index (χ4v) is 14.0. The second kappa shape index (κ2) is 18.8. The number of fused-ring (bicyclic) bond motifs is 1. The van der Waals surface area contributed by atoms with Crippen LogP contribution in [0.1, 0.15) is 68.1 Å². The van der Waals surface area contributed by atoms with E-state index in [1.807, 2.05) is 12.1 Å². The summed E-state index contributed by atoms with van der Waals surface area (Å²) < 4.78 is 71.3. The number of alkyl carbamates (subject to hydrolysis) is 1. The van der Waals surface area contributed by atoms with Crippen LogP contribution in [0.2, 0.25) is 0 Å². The lowest BCUT2D eigenvalue weighted by molar-refractivity contribution is 0.0223. The molecular formula is C45H64FN7O7S2. The Morgan fingerprint density at radius 3 is 2.39 bits per heavy atom.